The van der Waals surface area contributed by atoms with Crippen LogP contribution < -0.4 is 4.31 Å². The summed E-state index contributed by atoms with van der Waals surface area (Å²) in [5.74, 6) is -0.289. The first-order valence-electron chi connectivity index (χ1n) is 8.37. The van der Waals surface area contributed by atoms with Crippen molar-refractivity contribution in [2.75, 3.05) is 24.2 Å². The van der Waals surface area contributed by atoms with Crippen LogP contribution in [0.2, 0.25) is 5.02 Å². The molecule has 3 rings (SSSR count). The molecule has 0 fully saturated rings. The largest absolute Gasteiger partial charge is 0.337 e. The fourth-order valence-electron chi connectivity index (χ4n) is 3.19. The van der Waals surface area contributed by atoms with Crippen LogP contribution in [0.4, 0.5) is 11.4 Å². The second-order valence-electron chi connectivity index (χ2n) is 6.62. The van der Waals surface area contributed by atoms with E-state index < -0.39 is 14.9 Å². The van der Waals surface area contributed by atoms with Gasteiger partial charge >= 0.3 is 0 Å². The zero-order chi connectivity index (χ0) is 20.6. The summed E-state index contributed by atoms with van der Waals surface area (Å²) < 4.78 is 25.0. The van der Waals surface area contributed by atoms with Crippen molar-refractivity contribution >= 4 is 38.9 Å². The van der Waals surface area contributed by atoms with Gasteiger partial charge in [-0.3, -0.25) is 19.2 Å². The summed E-state index contributed by atoms with van der Waals surface area (Å²) in [7, 11) is -1.78. The molecule has 0 saturated heterocycles. The average Bonchev–Trinajstić information content (AvgIpc) is 3.06. The maximum atomic E-state index is 12.8. The second kappa shape index (κ2) is 7.40. The van der Waals surface area contributed by atoms with Crippen LogP contribution in [-0.4, -0.2) is 44.0 Å². The van der Waals surface area contributed by atoms with E-state index in [1.54, 1.807) is 25.2 Å². The molecule has 148 valence electrons. The van der Waals surface area contributed by atoms with Crippen LogP contribution in [-0.2, 0) is 23.0 Å². The van der Waals surface area contributed by atoms with Crippen LogP contribution >= 0.6 is 11.6 Å². The molecule has 0 saturated carbocycles. The van der Waals surface area contributed by atoms with Gasteiger partial charge in [0.25, 0.3) is 11.6 Å². The summed E-state index contributed by atoms with van der Waals surface area (Å²) in [6, 6.07) is 8.98. The zero-order valence-electron chi connectivity index (χ0n) is 15.3. The van der Waals surface area contributed by atoms with Gasteiger partial charge in [0.15, 0.2) is 0 Å². The van der Waals surface area contributed by atoms with E-state index in [0.29, 0.717) is 34.8 Å². The minimum atomic E-state index is -3.35. The molecule has 0 aromatic heterocycles. The van der Waals surface area contributed by atoms with Crippen LogP contribution in [0.15, 0.2) is 36.4 Å². The van der Waals surface area contributed by atoms with E-state index in [1.165, 1.54) is 27.4 Å². The maximum absolute atomic E-state index is 12.8. The van der Waals surface area contributed by atoms with Gasteiger partial charge in [0.05, 0.1) is 16.9 Å². The van der Waals surface area contributed by atoms with E-state index in [-0.39, 0.29) is 18.1 Å². The topological polar surface area (TPSA) is 101 Å². The molecular weight excluding hydrogens is 406 g/mol. The molecule has 0 bridgehead atoms. The lowest BCUT2D eigenvalue weighted by atomic mass is 10.1. The highest BCUT2D eigenvalue weighted by Gasteiger charge is 2.27. The molecule has 0 radical (unpaired) electrons. The SMILES string of the molecule is CN(Cc1cc([N+](=O)[O-])ccc1Cl)C(=O)c1ccc2c(c1)CCN2S(C)(=O)=O. The van der Waals surface area contributed by atoms with Gasteiger partial charge in [-0.2, -0.15) is 0 Å². The lowest BCUT2D eigenvalue weighted by Gasteiger charge is -2.19. The van der Waals surface area contributed by atoms with Crippen molar-refractivity contribution in [2.45, 2.75) is 13.0 Å². The first kappa shape index (κ1) is 20.1. The molecule has 2 aromatic rings. The third-order valence-electron chi connectivity index (χ3n) is 4.57. The van der Waals surface area contributed by atoms with Crippen LogP contribution in [0.1, 0.15) is 21.5 Å². The van der Waals surface area contributed by atoms with Gasteiger partial charge in [-0.25, -0.2) is 8.42 Å². The monoisotopic (exact) mass is 423 g/mol. The number of hydrogen-bond acceptors (Lipinski definition) is 5. The first-order valence-corrected chi connectivity index (χ1v) is 10.6. The molecule has 0 spiro atoms. The van der Waals surface area contributed by atoms with Gasteiger partial charge in [-0.15, -0.1) is 0 Å². The summed E-state index contributed by atoms with van der Waals surface area (Å²) in [6.07, 6.45) is 1.68. The molecule has 0 aliphatic carbocycles. The highest BCUT2D eigenvalue weighted by Crippen LogP contribution is 2.31. The number of non-ortho nitro benzene ring substituents is 1. The Morgan fingerprint density at radius 2 is 2.00 bits per heavy atom. The Morgan fingerprint density at radius 1 is 1.29 bits per heavy atom. The second-order valence-corrected chi connectivity index (χ2v) is 8.94. The lowest BCUT2D eigenvalue weighted by molar-refractivity contribution is -0.384. The number of nitro benzene ring substituents is 1. The molecule has 1 aliphatic heterocycles. The molecule has 0 unspecified atom stereocenters. The fourth-order valence-corrected chi connectivity index (χ4v) is 4.33. The summed E-state index contributed by atoms with van der Waals surface area (Å²) in [5.41, 5.74) is 2.16. The summed E-state index contributed by atoms with van der Waals surface area (Å²) in [5, 5.41) is 11.3. The zero-order valence-corrected chi connectivity index (χ0v) is 16.8. The van der Waals surface area contributed by atoms with Crippen molar-refractivity contribution < 1.29 is 18.1 Å². The normalized spacial score (nSPS) is 13.3. The first-order chi connectivity index (χ1) is 13.1. The molecule has 2 aromatic carbocycles. The number of halogens is 1. The molecule has 8 nitrogen and oxygen atoms in total. The molecule has 1 heterocycles. The Bertz CT molecular complexity index is 1070. The third kappa shape index (κ3) is 3.95. The molecule has 0 atom stereocenters. The van der Waals surface area contributed by atoms with E-state index in [1.807, 2.05) is 0 Å². The number of benzene rings is 2. The number of nitro groups is 1. The van der Waals surface area contributed by atoms with Gasteiger partial charge < -0.3 is 4.90 Å². The van der Waals surface area contributed by atoms with Crippen molar-refractivity contribution in [3.8, 4) is 0 Å². The quantitative estimate of drug-likeness (QED) is 0.543. The smallest absolute Gasteiger partial charge is 0.269 e. The Morgan fingerprint density at radius 3 is 2.64 bits per heavy atom. The van der Waals surface area contributed by atoms with E-state index >= 15 is 0 Å². The lowest BCUT2D eigenvalue weighted by Crippen LogP contribution is -2.28. The molecule has 10 heteroatoms. The predicted octanol–water partition coefficient (Wildman–Crippen LogP) is 2.84. The molecule has 1 amide bonds. The highest BCUT2D eigenvalue weighted by atomic mass is 35.5. The fraction of sp³-hybridized carbons (Fsp3) is 0.278. The van der Waals surface area contributed by atoms with Crippen molar-refractivity contribution in [3.05, 3.63) is 68.2 Å². The van der Waals surface area contributed by atoms with Crippen molar-refractivity contribution in [1.29, 1.82) is 0 Å². The van der Waals surface area contributed by atoms with Crippen LogP contribution in [0.3, 0.4) is 0 Å². The van der Waals surface area contributed by atoms with Gasteiger partial charge in [-0.1, -0.05) is 11.6 Å². The van der Waals surface area contributed by atoms with Crippen molar-refractivity contribution in [1.82, 2.24) is 4.90 Å². The van der Waals surface area contributed by atoms with E-state index in [9.17, 15) is 23.3 Å². The number of amides is 1. The number of hydrogen-bond donors (Lipinski definition) is 0. The number of sulfonamides is 1. The standard InChI is InChI=1S/C18H18ClN3O5S/c1-20(11-14-10-15(22(24)25)4-5-16(14)19)18(23)13-3-6-17-12(9-13)7-8-21(17)28(2,26)27/h3-6,9-10H,7-8,11H2,1-2H3. The molecular formula is C18H18ClN3O5S. The summed E-state index contributed by atoms with van der Waals surface area (Å²) in [6.45, 7) is 0.455. The summed E-state index contributed by atoms with van der Waals surface area (Å²) in [4.78, 5) is 24.6. The molecule has 0 N–H and O–H groups in total. The van der Waals surface area contributed by atoms with Gasteiger partial charge in [0.2, 0.25) is 10.0 Å². The van der Waals surface area contributed by atoms with E-state index in [4.69, 9.17) is 11.6 Å². The van der Waals surface area contributed by atoms with Gasteiger partial charge in [-0.05, 0) is 41.8 Å². The van der Waals surface area contributed by atoms with Crippen LogP contribution in [0.5, 0.6) is 0 Å². The number of fused-ring (bicyclic) bond motifs is 1. The average molecular weight is 424 g/mol. The number of anilines is 1. The Labute approximate surface area is 167 Å². The maximum Gasteiger partial charge on any atom is 0.269 e. The van der Waals surface area contributed by atoms with E-state index in [0.717, 1.165) is 11.8 Å². The Balaban J connectivity index is 1.82. The van der Waals surface area contributed by atoms with Gasteiger partial charge in [0, 0.05) is 42.9 Å². The third-order valence-corrected chi connectivity index (χ3v) is 6.12. The minimum Gasteiger partial charge on any atom is -0.337 e. The van der Waals surface area contributed by atoms with Crippen LogP contribution in [0, 0.1) is 10.1 Å². The van der Waals surface area contributed by atoms with Gasteiger partial charge in [0.1, 0.15) is 0 Å². The van der Waals surface area contributed by atoms with Crippen molar-refractivity contribution in [2.24, 2.45) is 0 Å². The molecule has 1 aliphatic rings. The summed E-state index contributed by atoms with van der Waals surface area (Å²) >= 11 is 6.11. The molecule has 28 heavy (non-hydrogen) atoms. The number of carbonyl (C=O) groups excluding carboxylic acids is 1. The predicted molar refractivity (Wildman–Crippen MR) is 106 cm³/mol. The Hall–Kier alpha value is -2.65. The number of carbonyl (C=O) groups is 1. The van der Waals surface area contributed by atoms with Crippen molar-refractivity contribution in [3.63, 3.8) is 0 Å². The number of rotatable bonds is 5. The number of nitrogens with zero attached hydrogens (tertiary/aromatic N) is 3. The van der Waals surface area contributed by atoms with E-state index in [2.05, 4.69) is 0 Å². The van der Waals surface area contributed by atoms with Crippen LogP contribution in [0.25, 0.3) is 0 Å². The highest BCUT2D eigenvalue weighted by molar-refractivity contribution is 7.92. The Kier molecular flexibility index (Phi) is 5.31. The minimum absolute atomic E-state index is 0.0985.